The fraction of sp³-hybridized carbons (Fsp3) is 0. The lowest BCUT2D eigenvalue weighted by atomic mass is 10.0. The van der Waals surface area contributed by atoms with Crippen LogP contribution >= 0.6 is 0 Å². The number of fused-ring (bicyclic) bond motifs is 8. The maximum atomic E-state index is 5.34. The molecule has 0 unspecified atom stereocenters. The van der Waals surface area contributed by atoms with Gasteiger partial charge in [0.25, 0.3) is 0 Å². The first-order valence-electron chi connectivity index (χ1n) is 16.0. The Labute approximate surface area is 276 Å². The third kappa shape index (κ3) is 4.84. The number of hydrogen-bond acceptors (Lipinski definition) is 2. The molecule has 6 nitrogen and oxygen atoms in total. The SMILES string of the molecule is C1=Cc2nc1c(-c1ccccc1)c1ccc([nH]1)c(-c1cc[nH+]cc1)c1nc(c(-c3cc[nH+]cc3)c3ccc([nH]3)c2-c2ccccc2)C=C1. The van der Waals surface area contributed by atoms with E-state index in [0.717, 1.165) is 89.4 Å². The van der Waals surface area contributed by atoms with Crippen molar-refractivity contribution < 1.29 is 9.97 Å². The standard InChI is InChI=1S/C42H28N6/c1-3-7-27(8-4-1)39-31-11-12-32(45-31)40(28-9-5-2-6-10-28)34-14-16-36(47-34)42(30-21-25-44-26-22-30)38-18-17-37(48-38)41(29-19-23-43-24-20-29)35-15-13-33(39)46-35/h1-26,46-47H/p+2. The van der Waals surface area contributed by atoms with Crippen molar-refractivity contribution in [3.63, 3.8) is 0 Å². The van der Waals surface area contributed by atoms with E-state index in [1.165, 1.54) is 0 Å². The molecular weight excluding hydrogens is 589 g/mol. The van der Waals surface area contributed by atoms with Crippen LogP contribution in [0.15, 0.2) is 134 Å². The van der Waals surface area contributed by atoms with Crippen molar-refractivity contribution in [2.75, 3.05) is 0 Å². The molecule has 226 valence electrons. The van der Waals surface area contributed by atoms with E-state index in [9.17, 15) is 0 Å². The number of nitrogens with one attached hydrogen (secondary N) is 4. The topological polar surface area (TPSA) is 85.6 Å². The summed E-state index contributed by atoms with van der Waals surface area (Å²) in [6.07, 6.45) is 16.3. The minimum atomic E-state index is 0.884. The average molecular weight is 619 g/mol. The van der Waals surface area contributed by atoms with Crippen molar-refractivity contribution in [1.82, 2.24) is 19.9 Å². The number of aromatic amines is 4. The Morgan fingerprint density at radius 1 is 0.333 bits per heavy atom. The molecule has 0 saturated heterocycles. The van der Waals surface area contributed by atoms with E-state index in [1.807, 2.05) is 36.9 Å². The lowest BCUT2D eigenvalue weighted by molar-refractivity contribution is -0.378. The van der Waals surface area contributed by atoms with Gasteiger partial charge < -0.3 is 9.97 Å². The summed E-state index contributed by atoms with van der Waals surface area (Å²) in [6, 6.07) is 37.9. The number of aromatic nitrogens is 6. The highest BCUT2D eigenvalue weighted by molar-refractivity contribution is 5.99. The van der Waals surface area contributed by atoms with Crippen molar-refractivity contribution in [2.45, 2.75) is 0 Å². The highest BCUT2D eigenvalue weighted by Gasteiger charge is 2.19. The van der Waals surface area contributed by atoms with Gasteiger partial charge in [-0.3, -0.25) is 0 Å². The molecule has 2 aliphatic rings. The van der Waals surface area contributed by atoms with E-state index in [-0.39, 0.29) is 0 Å². The predicted octanol–water partition coefficient (Wildman–Crippen LogP) is 8.95. The van der Waals surface area contributed by atoms with Crippen LogP contribution in [0.2, 0.25) is 0 Å². The molecule has 8 bridgehead atoms. The number of pyridine rings is 2. The highest BCUT2D eigenvalue weighted by Crippen LogP contribution is 2.37. The second kappa shape index (κ2) is 11.6. The summed E-state index contributed by atoms with van der Waals surface area (Å²) < 4.78 is 0. The van der Waals surface area contributed by atoms with Crippen molar-refractivity contribution in [2.24, 2.45) is 0 Å². The minimum absolute atomic E-state index is 0.884. The number of H-pyrrole nitrogens is 4. The van der Waals surface area contributed by atoms with Gasteiger partial charge >= 0.3 is 0 Å². The van der Waals surface area contributed by atoms with Crippen LogP contribution in [-0.4, -0.2) is 19.9 Å². The van der Waals surface area contributed by atoms with Crippen LogP contribution in [0.5, 0.6) is 0 Å². The summed E-state index contributed by atoms with van der Waals surface area (Å²) in [5.74, 6) is 0. The summed E-state index contributed by atoms with van der Waals surface area (Å²) in [6.45, 7) is 0. The summed E-state index contributed by atoms with van der Waals surface area (Å²) in [5.41, 5.74) is 15.9. The zero-order valence-electron chi connectivity index (χ0n) is 25.9. The summed E-state index contributed by atoms with van der Waals surface area (Å²) in [4.78, 5) is 24.6. The number of nitrogens with zero attached hydrogens (tertiary/aromatic N) is 2. The van der Waals surface area contributed by atoms with Gasteiger partial charge in [0.15, 0.2) is 24.8 Å². The largest absolute Gasteiger partial charge is 0.354 e. The first-order chi connectivity index (χ1) is 23.8. The molecule has 6 heteroatoms. The number of hydrogen-bond donors (Lipinski definition) is 2. The molecule has 4 N–H and O–H groups in total. The van der Waals surface area contributed by atoms with Gasteiger partial charge in [0.05, 0.1) is 22.8 Å². The first kappa shape index (κ1) is 27.6. The molecule has 0 atom stereocenters. The predicted molar refractivity (Wildman–Crippen MR) is 194 cm³/mol. The van der Waals surface area contributed by atoms with Gasteiger partial charge in [0.2, 0.25) is 0 Å². The second-order valence-corrected chi connectivity index (χ2v) is 11.8. The fourth-order valence-corrected chi connectivity index (χ4v) is 6.74. The fourth-order valence-electron chi connectivity index (χ4n) is 6.74. The molecule has 48 heavy (non-hydrogen) atoms. The summed E-state index contributed by atoms with van der Waals surface area (Å²) in [5, 5.41) is 0. The maximum absolute atomic E-state index is 5.34. The zero-order valence-corrected chi connectivity index (χ0v) is 25.9. The van der Waals surface area contributed by atoms with E-state index in [2.05, 4.69) is 141 Å². The minimum Gasteiger partial charge on any atom is -0.354 e. The lowest BCUT2D eigenvalue weighted by Crippen LogP contribution is -1.98. The molecule has 7 aromatic rings. The van der Waals surface area contributed by atoms with Crippen molar-refractivity contribution in [3.05, 3.63) is 157 Å². The molecule has 2 aliphatic heterocycles. The molecule has 5 aromatic heterocycles. The Balaban J connectivity index is 1.49. The number of rotatable bonds is 4. The molecule has 0 amide bonds. The zero-order chi connectivity index (χ0) is 31.9. The van der Waals surface area contributed by atoms with Crippen LogP contribution in [-0.2, 0) is 0 Å². The smallest absolute Gasteiger partial charge is 0.167 e. The third-order valence-corrected chi connectivity index (χ3v) is 8.89. The number of benzene rings is 2. The van der Waals surface area contributed by atoms with Gasteiger partial charge in [-0.2, -0.15) is 0 Å². The first-order valence-corrected chi connectivity index (χ1v) is 16.0. The molecule has 2 aromatic carbocycles. The second-order valence-electron chi connectivity index (χ2n) is 11.8. The van der Waals surface area contributed by atoms with Crippen molar-refractivity contribution in [3.8, 4) is 44.5 Å². The molecule has 7 heterocycles. The molecule has 0 spiro atoms. The summed E-state index contributed by atoms with van der Waals surface area (Å²) in [7, 11) is 0. The average Bonchev–Trinajstić information content (AvgIpc) is 3.98. The molecule has 9 rings (SSSR count). The van der Waals surface area contributed by atoms with Crippen LogP contribution < -0.4 is 9.97 Å². The van der Waals surface area contributed by atoms with Gasteiger partial charge in [0.1, 0.15) is 0 Å². The third-order valence-electron chi connectivity index (χ3n) is 8.89. The molecule has 0 saturated carbocycles. The monoisotopic (exact) mass is 618 g/mol. The van der Waals surface area contributed by atoms with Crippen LogP contribution in [0.25, 0.3) is 90.9 Å². The van der Waals surface area contributed by atoms with E-state index in [0.29, 0.717) is 0 Å². The normalized spacial score (nSPS) is 12.0. The van der Waals surface area contributed by atoms with Gasteiger partial charge in [0, 0.05) is 68.6 Å². The molecule has 0 fully saturated rings. The quantitative estimate of drug-likeness (QED) is 0.206. The molecule has 0 aliphatic carbocycles. The van der Waals surface area contributed by atoms with Gasteiger partial charge in [-0.25, -0.2) is 19.9 Å². The Hall–Kier alpha value is -6.66. The lowest BCUT2D eigenvalue weighted by Gasteiger charge is -2.06. The molecular formula is C42H30N6+2. The Kier molecular flexibility index (Phi) is 6.68. The van der Waals surface area contributed by atoms with Crippen LogP contribution in [0.3, 0.4) is 0 Å². The van der Waals surface area contributed by atoms with E-state index in [4.69, 9.17) is 9.97 Å². The van der Waals surface area contributed by atoms with Crippen LogP contribution in [0.1, 0.15) is 22.8 Å². The van der Waals surface area contributed by atoms with Gasteiger partial charge in [-0.1, -0.05) is 60.7 Å². The summed E-state index contributed by atoms with van der Waals surface area (Å²) >= 11 is 0. The highest BCUT2D eigenvalue weighted by atomic mass is 14.8. The van der Waals surface area contributed by atoms with E-state index >= 15 is 0 Å². The van der Waals surface area contributed by atoms with Crippen LogP contribution in [0, 0.1) is 0 Å². The van der Waals surface area contributed by atoms with E-state index < -0.39 is 0 Å². The van der Waals surface area contributed by atoms with E-state index in [1.54, 1.807) is 0 Å². The van der Waals surface area contributed by atoms with Crippen molar-refractivity contribution in [1.29, 1.82) is 0 Å². The Bertz CT molecular complexity index is 2180. The molecule has 0 radical (unpaired) electrons. The maximum Gasteiger partial charge on any atom is 0.167 e. The Morgan fingerprint density at radius 2 is 0.625 bits per heavy atom. The van der Waals surface area contributed by atoms with Crippen LogP contribution in [0.4, 0.5) is 0 Å². The van der Waals surface area contributed by atoms with Crippen molar-refractivity contribution >= 4 is 46.4 Å². The van der Waals surface area contributed by atoms with Gasteiger partial charge in [-0.05, 0) is 70.8 Å². The Morgan fingerprint density at radius 3 is 0.938 bits per heavy atom. The van der Waals surface area contributed by atoms with Gasteiger partial charge in [-0.15, -0.1) is 0 Å².